The van der Waals surface area contributed by atoms with E-state index in [0.717, 1.165) is 26.6 Å². The van der Waals surface area contributed by atoms with Gasteiger partial charge in [-0.05, 0) is 30.3 Å². The highest BCUT2D eigenvalue weighted by atomic mass is 32.2. The summed E-state index contributed by atoms with van der Waals surface area (Å²) < 4.78 is 1.99. The first-order valence-corrected chi connectivity index (χ1v) is 6.35. The van der Waals surface area contributed by atoms with Crippen molar-refractivity contribution in [3.05, 3.63) is 42.9 Å². The first-order valence-electron chi connectivity index (χ1n) is 5.53. The lowest BCUT2D eigenvalue weighted by Crippen LogP contribution is -1.87. The molecule has 90 valence electrons. The minimum absolute atomic E-state index is 0.767. The van der Waals surface area contributed by atoms with E-state index in [2.05, 4.69) is 9.97 Å². The summed E-state index contributed by atoms with van der Waals surface area (Å²) in [4.78, 5) is 9.89. The van der Waals surface area contributed by atoms with Crippen LogP contribution in [0.5, 0.6) is 0 Å². The predicted molar refractivity (Wildman–Crippen MR) is 73.5 cm³/mol. The van der Waals surface area contributed by atoms with Crippen molar-refractivity contribution in [1.29, 1.82) is 0 Å². The molecule has 0 atom stereocenters. The second-order valence-electron chi connectivity index (χ2n) is 4.01. The van der Waals surface area contributed by atoms with E-state index in [0.29, 0.717) is 0 Å². The van der Waals surface area contributed by atoms with Gasteiger partial charge >= 0.3 is 0 Å². The van der Waals surface area contributed by atoms with E-state index >= 15 is 0 Å². The zero-order chi connectivity index (χ0) is 12.5. The van der Waals surface area contributed by atoms with E-state index in [9.17, 15) is 0 Å². The number of hydrogen-bond acceptors (Lipinski definition) is 4. The number of hydrogen-bond donors (Lipinski definition) is 1. The molecule has 0 radical (unpaired) electrons. The summed E-state index contributed by atoms with van der Waals surface area (Å²) in [6.45, 7) is 0. The van der Waals surface area contributed by atoms with Crippen molar-refractivity contribution < 1.29 is 0 Å². The molecule has 18 heavy (non-hydrogen) atoms. The van der Waals surface area contributed by atoms with Gasteiger partial charge in [-0.2, -0.15) is 0 Å². The number of fused-ring (bicyclic) bond motifs is 1. The molecule has 0 fully saturated rings. The molecular formula is C13H12N4S. The Balaban J connectivity index is 2.02. The highest BCUT2D eigenvalue weighted by Crippen LogP contribution is 2.30. The number of anilines is 1. The molecule has 5 heteroatoms. The lowest BCUT2D eigenvalue weighted by molar-refractivity contribution is 0.947. The highest BCUT2D eigenvalue weighted by molar-refractivity contribution is 7.99. The number of aromatic nitrogens is 3. The molecule has 0 aliphatic rings. The maximum Gasteiger partial charge on any atom is 0.129 e. The molecule has 2 aromatic heterocycles. The fourth-order valence-electron chi connectivity index (χ4n) is 1.76. The van der Waals surface area contributed by atoms with Crippen LogP contribution >= 0.6 is 11.8 Å². The Labute approximate surface area is 109 Å². The Bertz CT molecular complexity index is 688. The van der Waals surface area contributed by atoms with Crippen molar-refractivity contribution >= 4 is 28.5 Å². The second kappa shape index (κ2) is 4.34. The second-order valence-corrected chi connectivity index (χ2v) is 5.07. The third-order valence-corrected chi connectivity index (χ3v) is 3.70. The summed E-state index contributed by atoms with van der Waals surface area (Å²) in [5.41, 5.74) is 8.46. The number of nitrogen functional groups attached to an aromatic ring is 1. The number of nitrogens with two attached hydrogens (primary N) is 1. The number of benzene rings is 1. The van der Waals surface area contributed by atoms with Crippen LogP contribution in [0.15, 0.2) is 52.8 Å². The number of aryl methyl sites for hydroxylation is 1. The standard InChI is InChI=1S/C13H12N4S/c1-17-8-16-12-11(17)6-7-15-13(12)18-10-4-2-9(14)3-5-10/h2-8H,14H2,1H3. The largest absolute Gasteiger partial charge is 0.399 e. The summed E-state index contributed by atoms with van der Waals surface area (Å²) in [5, 5.41) is 0.915. The molecule has 0 bridgehead atoms. The minimum atomic E-state index is 0.767. The number of nitrogens with zero attached hydrogens (tertiary/aromatic N) is 3. The van der Waals surface area contributed by atoms with Crippen molar-refractivity contribution in [2.45, 2.75) is 9.92 Å². The average Bonchev–Trinajstić information content (AvgIpc) is 2.76. The molecule has 0 amide bonds. The molecule has 2 heterocycles. The van der Waals surface area contributed by atoms with Crippen LogP contribution < -0.4 is 5.73 Å². The SMILES string of the molecule is Cn1cnc2c(Sc3ccc(N)cc3)nccc21. The van der Waals surface area contributed by atoms with Gasteiger partial charge in [0.2, 0.25) is 0 Å². The van der Waals surface area contributed by atoms with Crippen LogP contribution in [0.25, 0.3) is 11.0 Å². The molecule has 0 saturated carbocycles. The minimum Gasteiger partial charge on any atom is -0.399 e. The van der Waals surface area contributed by atoms with Crippen LogP contribution in [0.4, 0.5) is 5.69 Å². The maximum absolute atomic E-state index is 5.67. The summed E-state index contributed by atoms with van der Waals surface area (Å²) >= 11 is 1.60. The summed E-state index contributed by atoms with van der Waals surface area (Å²) in [6, 6.07) is 9.73. The van der Waals surface area contributed by atoms with Crippen molar-refractivity contribution in [3.63, 3.8) is 0 Å². The zero-order valence-electron chi connectivity index (χ0n) is 9.87. The smallest absolute Gasteiger partial charge is 0.129 e. The van der Waals surface area contributed by atoms with E-state index in [1.165, 1.54) is 0 Å². The molecule has 1 aromatic carbocycles. The first-order chi connectivity index (χ1) is 8.74. The van der Waals surface area contributed by atoms with Gasteiger partial charge in [0, 0.05) is 23.8 Å². The molecule has 2 N–H and O–H groups in total. The summed E-state index contributed by atoms with van der Waals surface area (Å²) in [6.07, 6.45) is 3.61. The van der Waals surface area contributed by atoms with Gasteiger partial charge in [-0.1, -0.05) is 11.8 Å². The van der Waals surface area contributed by atoms with Gasteiger partial charge in [0.15, 0.2) is 0 Å². The van der Waals surface area contributed by atoms with Gasteiger partial charge in [-0.25, -0.2) is 9.97 Å². The lowest BCUT2D eigenvalue weighted by atomic mass is 10.3. The molecule has 0 spiro atoms. The molecule has 3 aromatic rings. The summed E-state index contributed by atoms with van der Waals surface area (Å²) in [5.74, 6) is 0. The molecule has 0 aliphatic carbocycles. The first kappa shape index (κ1) is 11.1. The fraction of sp³-hybridized carbons (Fsp3) is 0.0769. The van der Waals surface area contributed by atoms with Gasteiger partial charge < -0.3 is 10.3 Å². The van der Waals surface area contributed by atoms with Crippen LogP contribution in [0.3, 0.4) is 0 Å². The molecule has 0 saturated heterocycles. The maximum atomic E-state index is 5.67. The van der Waals surface area contributed by atoms with E-state index < -0.39 is 0 Å². The highest BCUT2D eigenvalue weighted by Gasteiger charge is 2.08. The Morgan fingerprint density at radius 2 is 1.89 bits per heavy atom. The number of rotatable bonds is 2. The van der Waals surface area contributed by atoms with Crippen molar-refractivity contribution in [3.8, 4) is 0 Å². The van der Waals surface area contributed by atoms with Gasteiger partial charge in [0.25, 0.3) is 0 Å². The Morgan fingerprint density at radius 3 is 2.67 bits per heavy atom. The third-order valence-electron chi connectivity index (χ3n) is 2.70. The molecule has 0 aliphatic heterocycles. The van der Waals surface area contributed by atoms with Crippen LogP contribution in [0.2, 0.25) is 0 Å². The van der Waals surface area contributed by atoms with Crippen LogP contribution in [-0.4, -0.2) is 14.5 Å². The Hall–Kier alpha value is -2.01. The van der Waals surface area contributed by atoms with Gasteiger partial charge in [-0.15, -0.1) is 0 Å². The van der Waals surface area contributed by atoms with Gasteiger partial charge in [0.1, 0.15) is 10.5 Å². The molecule has 0 unspecified atom stereocenters. The quantitative estimate of drug-likeness (QED) is 0.716. The van der Waals surface area contributed by atoms with Gasteiger partial charge in [-0.3, -0.25) is 0 Å². The third kappa shape index (κ3) is 1.93. The summed E-state index contributed by atoms with van der Waals surface area (Å²) in [7, 11) is 1.98. The lowest BCUT2D eigenvalue weighted by Gasteiger charge is -2.02. The van der Waals surface area contributed by atoms with Crippen molar-refractivity contribution in [2.24, 2.45) is 7.05 Å². The molecule has 4 nitrogen and oxygen atoms in total. The number of pyridine rings is 1. The fourth-order valence-corrected chi connectivity index (χ4v) is 2.62. The van der Waals surface area contributed by atoms with Crippen LogP contribution in [0, 0.1) is 0 Å². The van der Waals surface area contributed by atoms with E-state index in [-0.39, 0.29) is 0 Å². The monoisotopic (exact) mass is 256 g/mol. The van der Waals surface area contributed by atoms with E-state index in [4.69, 9.17) is 5.73 Å². The predicted octanol–water partition coefficient (Wildman–Crippen LogP) is 2.70. The van der Waals surface area contributed by atoms with E-state index in [1.54, 1.807) is 18.1 Å². The zero-order valence-corrected chi connectivity index (χ0v) is 10.7. The van der Waals surface area contributed by atoms with Crippen LogP contribution in [-0.2, 0) is 7.05 Å². The molecule has 3 rings (SSSR count). The topological polar surface area (TPSA) is 56.7 Å². The molecular weight excluding hydrogens is 244 g/mol. The average molecular weight is 256 g/mol. The normalized spacial score (nSPS) is 10.9. The van der Waals surface area contributed by atoms with E-state index in [1.807, 2.05) is 48.1 Å². The Morgan fingerprint density at radius 1 is 1.11 bits per heavy atom. The van der Waals surface area contributed by atoms with Crippen molar-refractivity contribution in [2.75, 3.05) is 5.73 Å². The Kier molecular flexibility index (Phi) is 2.68. The van der Waals surface area contributed by atoms with Crippen molar-refractivity contribution in [1.82, 2.24) is 14.5 Å². The van der Waals surface area contributed by atoms with Gasteiger partial charge in [0.05, 0.1) is 11.8 Å². The van der Waals surface area contributed by atoms with Crippen LogP contribution in [0.1, 0.15) is 0 Å². The number of imidazole rings is 1.